The molecule has 6 rings (SSSR count). The first-order chi connectivity index (χ1) is 23.2. The van der Waals surface area contributed by atoms with Crippen LogP contribution in [0.4, 0.5) is 11.6 Å². The zero-order valence-electron chi connectivity index (χ0n) is 24.6. The summed E-state index contributed by atoms with van der Waals surface area (Å²) in [5.74, 6) is 0.861. The topological polar surface area (TPSA) is 270 Å². The van der Waals surface area contributed by atoms with Crippen LogP contribution in [0.5, 0.6) is 0 Å². The molecule has 6 heterocycles. The summed E-state index contributed by atoms with van der Waals surface area (Å²) < 4.78 is 25.4. The number of ether oxygens (including phenoxy) is 2. The van der Waals surface area contributed by atoms with Gasteiger partial charge in [0.25, 0.3) is 0 Å². The second-order valence-electron chi connectivity index (χ2n) is 10.5. The molecule has 2 aliphatic rings. The van der Waals surface area contributed by atoms with Gasteiger partial charge in [0.2, 0.25) is 0 Å². The fraction of sp³-hybridized carbons (Fsp3) is 0.500. The predicted molar refractivity (Wildman–Crippen MR) is 176 cm³/mol. The highest BCUT2D eigenvalue weighted by molar-refractivity contribution is 8.00. The van der Waals surface area contributed by atoms with Crippen LogP contribution in [0, 0.1) is 0 Å². The van der Waals surface area contributed by atoms with Gasteiger partial charge in [-0.25, -0.2) is 29.9 Å². The number of hydrogen-bond donors (Lipinski definition) is 8. The number of nitrogens with one attached hydrogen (secondary N) is 2. The summed E-state index contributed by atoms with van der Waals surface area (Å²) in [5, 5.41) is 46.6. The zero-order valence-corrected chi connectivity index (χ0v) is 28.3. The Bertz CT molecular complexity index is 1690. The van der Waals surface area contributed by atoms with E-state index in [9.17, 15) is 30.2 Å². The SMILES string of the molecule is OCC1O[C@@H](n2cnc3c(NC/C=C/CNc4ncnc5c4ncn5[C@@H]4O[C@H](CO)[C@@H](O)[C@H]4O[PH](O)=S)ncnc32)[C@H](O[PH](O)=S)[C@@H]1O. The molecule has 20 nitrogen and oxygen atoms in total. The predicted octanol–water partition coefficient (Wildman–Crippen LogP) is -1.69. The smallest absolute Gasteiger partial charge is 0.173 e. The van der Waals surface area contributed by atoms with E-state index in [0.29, 0.717) is 47.1 Å². The third-order valence-corrected chi connectivity index (χ3v) is 9.19. The fourth-order valence-corrected chi connectivity index (χ4v) is 7.13. The van der Waals surface area contributed by atoms with Gasteiger partial charge in [0.1, 0.15) is 49.3 Å². The molecule has 0 aromatic carbocycles. The number of aromatic nitrogens is 8. The second kappa shape index (κ2) is 15.5. The van der Waals surface area contributed by atoms with Gasteiger partial charge in [-0.2, -0.15) is 0 Å². The van der Waals surface area contributed by atoms with Crippen molar-refractivity contribution in [2.24, 2.45) is 0 Å². The Morgan fingerprint density at radius 3 is 1.52 bits per heavy atom. The number of anilines is 2. The maximum absolute atomic E-state index is 10.5. The zero-order chi connectivity index (χ0) is 33.9. The van der Waals surface area contributed by atoms with Gasteiger partial charge < -0.3 is 59.4 Å². The Morgan fingerprint density at radius 2 is 1.15 bits per heavy atom. The Kier molecular flexibility index (Phi) is 11.3. The molecule has 2 fully saturated rings. The minimum atomic E-state index is -2.60. The molecular formula is C24H32N10O10P2S2. The monoisotopic (exact) mass is 746 g/mol. The Balaban J connectivity index is 1.09. The van der Waals surface area contributed by atoms with Crippen LogP contribution in [0.25, 0.3) is 22.3 Å². The van der Waals surface area contributed by atoms with Crippen LogP contribution in [0.2, 0.25) is 0 Å². The summed E-state index contributed by atoms with van der Waals surface area (Å²) in [6, 6.07) is 0. The second-order valence-corrected chi connectivity index (χ2v) is 14.1. The van der Waals surface area contributed by atoms with Crippen LogP contribution in [0.1, 0.15) is 12.5 Å². The number of aliphatic hydroxyl groups is 4. The van der Waals surface area contributed by atoms with Crippen LogP contribution in [-0.4, -0.2) is 132 Å². The summed E-state index contributed by atoms with van der Waals surface area (Å²) in [5.41, 5.74) is 1.58. The first-order valence-electron chi connectivity index (χ1n) is 14.4. The largest absolute Gasteiger partial charge is 0.394 e. The molecule has 0 spiro atoms. The van der Waals surface area contributed by atoms with Crippen molar-refractivity contribution in [1.29, 1.82) is 0 Å². The minimum absolute atomic E-state index is 0.365. The van der Waals surface area contributed by atoms with Gasteiger partial charge in [-0.05, 0) is 23.6 Å². The van der Waals surface area contributed by atoms with E-state index in [1.165, 1.54) is 34.4 Å². The number of hydrogen-bond acceptors (Lipinski definition) is 18. The number of aliphatic hydroxyl groups excluding tert-OH is 4. The third-order valence-electron chi connectivity index (χ3n) is 7.67. The van der Waals surface area contributed by atoms with Gasteiger partial charge in [-0.15, -0.1) is 0 Å². The lowest BCUT2D eigenvalue weighted by Crippen LogP contribution is -2.34. The van der Waals surface area contributed by atoms with E-state index in [-0.39, 0.29) is 0 Å². The van der Waals surface area contributed by atoms with E-state index < -0.39 is 76.6 Å². The average molecular weight is 747 g/mol. The molecule has 260 valence electrons. The molecule has 0 amide bonds. The molecule has 2 aliphatic heterocycles. The highest BCUT2D eigenvalue weighted by Gasteiger charge is 2.47. The van der Waals surface area contributed by atoms with Crippen LogP contribution >= 0.6 is 14.3 Å². The standard InChI is InChI=1S/C24H32N10O10P2S2/c35-5-11-15(37)17(43-45(39)47)23(41-11)33-9-31-13-19(27-7-29-21(13)33)25-3-1-2-4-26-20-14-22(30-8-28-20)34(10-32-14)24-18(44-46(40)48)16(38)12(6-36)42-24/h1-2,7-12,15-18,23-24,35-38,45-46H,3-6H2,(H,39,47)(H,40,48)(H,25,27,29)(H,26,28,30)/b2-1+/t11-,12?,15-,16-,17-,18-,23-,24-/m1/s1. The normalized spacial score (nSPS) is 28.9. The number of rotatable bonds is 14. The van der Waals surface area contributed by atoms with Gasteiger partial charge in [-0.1, -0.05) is 12.2 Å². The third kappa shape index (κ3) is 7.14. The lowest BCUT2D eigenvalue weighted by molar-refractivity contribution is -0.0483. The number of fused-ring (bicyclic) bond motifs is 2. The van der Waals surface area contributed by atoms with Crippen molar-refractivity contribution in [2.75, 3.05) is 36.9 Å². The van der Waals surface area contributed by atoms with E-state index in [0.717, 1.165) is 0 Å². The Labute approximate surface area is 282 Å². The molecule has 4 aromatic rings. The van der Waals surface area contributed by atoms with Crippen molar-refractivity contribution in [3.05, 3.63) is 37.5 Å². The van der Waals surface area contributed by atoms with Crippen molar-refractivity contribution >= 4 is 71.9 Å². The molecular weight excluding hydrogens is 714 g/mol. The molecule has 2 saturated heterocycles. The summed E-state index contributed by atoms with van der Waals surface area (Å²) in [4.78, 5) is 45.3. The van der Waals surface area contributed by atoms with Crippen molar-refractivity contribution in [3.8, 4) is 0 Å². The molecule has 48 heavy (non-hydrogen) atoms. The maximum atomic E-state index is 10.5. The Morgan fingerprint density at radius 1 is 0.729 bits per heavy atom. The quantitative estimate of drug-likeness (QED) is 0.0528. The average Bonchev–Trinajstić information content (AvgIpc) is 3.83. The van der Waals surface area contributed by atoms with Gasteiger partial charge in [0, 0.05) is 13.1 Å². The lowest BCUT2D eigenvalue weighted by Gasteiger charge is -2.21. The number of nitrogens with zero attached hydrogens (tertiary/aromatic N) is 8. The minimum Gasteiger partial charge on any atom is -0.394 e. The summed E-state index contributed by atoms with van der Waals surface area (Å²) in [6.07, 6.45) is 0.934. The molecule has 0 bridgehead atoms. The molecule has 0 aliphatic carbocycles. The van der Waals surface area contributed by atoms with Crippen molar-refractivity contribution < 1.29 is 48.7 Å². The van der Waals surface area contributed by atoms with E-state index in [4.69, 9.17) is 42.1 Å². The highest BCUT2D eigenvalue weighted by atomic mass is 32.4. The molecule has 8 N–H and O–H groups in total. The molecule has 3 unspecified atom stereocenters. The number of imidazole rings is 2. The first-order valence-corrected chi connectivity index (χ1v) is 19.3. The van der Waals surface area contributed by atoms with Gasteiger partial charge in [0.05, 0.1) is 25.9 Å². The van der Waals surface area contributed by atoms with Crippen LogP contribution in [0.3, 0.4) is 0 Å². The summed E-state index contributed by atoms with van der Waals surface area (Å²) >= 11 is 9.62. The van der Waals surface area contributed by atoms with Crippen LogP contribution in [-0.2, 0) is 42.1 Å². The van der Waals surface area contributed by atoms with Crippen molar-refractivity contribution in [1.82, 2.24) is 39.0 Å². The summed E-state index contributed by atoms with van der Waals surface area (Å²) in [6.45, 7) is -0.199. The van der Waals surface area contributed by atoms with Crippen LogP contribution < -0.4 is 10.6 Å². The molecule has 0 radical (unpaired) electrons. The first kappa shape index (κ1) is 35.2. The summed E-state index contributed by atoms with van der Waals surface area (Å²) in [7, 11) is -5.20. The maximum Gasteiger partial charge on any atom is 0.173 e. The lowest BCUT2D eigenvalue weighted by atomic mass is 10.1. The van der Waals surface area contributed by atoms with Crippen molar-refractivity contribution in [2.45, 2.75) is 49.1 Å². The van der Waals surface area contributed by atoms with Crippen molar-refractivity contribution in [3.63, 3.8) is 0 Å². The van der Waals surface area contributed by atoms with E-state index in [2.05, 4.69) is 40.5 Å². The highest BCUT2D eigenvalue weighted by Crippen LogP contribution is 2.39. The van der Waals surface area contributed by atoms with E-state index >= 15 is 0 Å². The van der Waals surface area contributed by atoms with Gasteiger partial charge >= 0.3 is 0 Å². The Hall–Kier alpha value is -2.66. The fourth-order valence-electron chi connectivity index (χ4n) is 5.49. The van der Waals surface area contributed by atoms with Crippen LogP contribution in [0.15, 0.2) is 37.5 Å². The van der Waals surface area contributed by atoms with E-state index in [1.807, 2.05) is 12.2 Å². The van der Waals surface area contributed by atoms with Gasteiger partial charge in [0.15, 0.2) is 60.7 Å². The molecule has 4 aromatic heterocycles. The van der Waals surface area contributed by atoms with E-state index in [1.54, 1.807) is 0 Å². The molecule has 10 atom stereocenters. The van der Waals surface area contributed by atoms with Gasteiger partial charge in [-0.3, -0.25) is 9.13 Å². The molecule has 0 saturated carbocycles. The molecule has 24 heteroatoms.